The van der Waals surface area contributed by atoms with E-state index in [4.69, 9.17) is 9.97 Å². The summed E-state index contributed by atoms with van der Waals surface area (Å²) >= 11 is 0. The molecule has 0 radical (unpaired) electrons. The molecule has 2 aliphatic carbocycles. The summed E-state index contributed by atoms with van der Waals surface area (Å²) in [6.07, 6.45) is 18.9. The first-order chi connectivity index (χ1) is 38.2. The van der Waals surface area contributed by atoms with Crippen molar-refractivity contribution in [3.05, 3.63) is 243 Å². The number of para-hydroxylation sites is 6. The monoisotopic (exact) mass is 985 g/mol. The third kappa shape index (κ3) is 6.02. The minimum absolute atomic E-state index is 0.130. The molecule has 0 fully saturated rings. The smallest absolute Gasteiger partial charge is 0.163 e. The van der Waals surface area contributed by atoms with Gasteiger partial charge in [-0.15, -0.1) is 0 Å². The van der Waals surface area contributed by atoms with Crippen LogP contribution in [0.3, 0.4) is 0 Å². The van der Waals surface area contributed by atoms with E-state index < -0.39 is 0 Å². The minimum Gasteiger partial charge on any atom is -0.331 e. The molecule has 1 atom stereocenters. The van der Waals surface area contributed by atoms with Gasteiger partial charge in [0.25, 0.3) is 0 Å². The summed E-state index contributed by atoms with van der Waals surface area (Å²) in [7, 11) is 0. The molecule has 1 unspecified atom stereocenters. The maximum absolute atomic E-state index is 5.77. The van der Waals surface area contributed by atoms with Crippen LogP contribution in [0.25, 0.3) is 143 Å². The number of allylic oxidation sites excluding steroid dienone is 8. The maximum Gasteiger partial charge on any atom is 0.163 e. The SMILES string of the molecule is C1=CCC(n2c3ccccc3c3ccc4c5ccccc5n(-c5cc(-n6c7ccccc7c7ccc8c9ccccc9n(C9=CCCC=C9)c8c76)nc(-c6ccc(-n7c8ccccc8c8ccccc87)cc6)n5)c4c32)C=C1. The molecule has 6 heterocycles. The zero-order valence-corrected chi connectivity index (χ0v) is 41.9. The molecule has 15 aromatic rings. The Morgan fingerprint density at radius 2 is 0.805 bits per heavy atom. The third-order valence-corrected chi connectivity index (χ3v) is 16.6. The van der Waals surface area contributed by atoms with Crippen LogP contribution in [0, 0.1) is 0 Å². The van der Waals surface area contributed by atoms with E-state index in [1.165, 1.54) is 87.1 Å². The van der Waals surface area contributed by atoms with Crippen LogP contribution in [0.5, 0.6) is 0 Å². The van der Waals surface area contributed by atoms with Gasteiger partial charge in [0.15, 0.2) is 5.82 Å². The summed E-state index contributed by atoms with van der Waals surface area (Å²) in [4.78, 5) is 11.5. The van der Waals surface area contributed by atoms with E-state index in [0.717, 1.165) is 69.7 Å². The highest BCUT2D eigenvalue weighted by atomic mass is 15.2. The van der Waals surface area contributed by atoms with Crippen LogP contribution in [-0.2, 0) is 0 Å². The van der Waals surface area contributed by atoms with E-state index in [2.05, 4.69) is 266 Å². The number of benzene rings is 9. The first kappa shape index (κ1) is 42.4. The van der Waals surface area contributed by atoms with Gasteiger partial charge in [-0.3, -0.25) is 9.13 Å². The van der Waals surface area contributed by atoms with Crippen molar-refractivity contribution in [2.45, 2.75) is 25.3 Å². The Balaban J connectivity index is 1.00. The van der Waals surface area contributed by atoms with Crippen LogP contribution in [0.1, 0.15) is 25.3 Å². The van der Waals surface area contributed by atoms with Crippen LogP contribution >= 0.6 is 0 Å². The van der Waals surface area contributed by atoms with Crippen molar-refractivity contribution in [1.29, 1.82) is 0 Å². The maximum atomic E-state index is 5.77. The number of nitrogens with zero attached hydrogens (tertiary/aromatic N) is 7. The molecule has 0 bridgehead atoms. The molecule has 0 aliphatic heterocycles. The molecular formula is C70H47N7. The average Bonchev–Trinajstić information content (AvgIpc) is 4.48. The van der Waals surface area contributed by atoms with Gasteiger partial charge >= 0.3 is 0 Å². The van der Waals surface area contributed by atoms with Gasteiger partial charge in [0, 0.05) is 82.4 Å². The van der Waals surface area contributed by atoms with Crippen LogP contribution in [0.4, 0.5) is 0 Å². The van der Waals surface area contributed by atoms with E-state index in [0.29, 0.717) is 5.82 Å². The standard InChI is InChI=1S/C70H47N7/c1-3-19-45(20-4-1)74-60-31-15-9-25-50(60)54-39-41-56-52-27-11-17-33-62(52)76(68(56)66(54)74)64-43-65(72-70(71-64)44-35-37-47(38-36-44)73-58-29-13-7-23-48(58)49-24-8-14-30-59(49)73)77-63-34-18-12-28-53(63)57-42-40-55-51-26-10-16-32-61(51)75(67(55)69(57)77)46-21-5-2-6-22-46/h1,3-5,7-19,21-43,45H,2,6,20H2. The second-order valence-corrected chi connectivity index (χ2v) is 20.7. The first-order valence-corrected chi connectivity index (χ1v) is 26.8. The number of hydrogen-bond acceptors (Lipinski definition) is 2. The summed E-state index contributed by atoms with van der Waals surface area (Å²) in [5.41, 5.74) is 14.7. The molecule has 0 saturated heterocycles. The zero-order valence-electron chi connectivity index (χ0n) is 41.9. The highest BCUT2D eigenvalue weighted by molar-refractivity contribution is 6.25. The van der Waals surface area contributed by atoms with Crippen LogP contribution in [0.2, 0.25) is 0 Å². The van der Waals surface area contributed by atoms with Gasteiger partial charge in [-0.25, -0.2) is 9.97 Å². The van der Waals surface area contributed by atoms with Crippen molar-refractivity contribution >= 4 is 115 Å². The average molecular weight is 986 g/mol. The molecule has 7 nitrogen and oxygen atoms in total. The Hall–Kier alpha value is -9.98. The molecule has 6 aromatic heterocycles. The van der Waals surface area contributed by atoms with Crippen LogP contribution < -0.4 is 0 Å². The van der Waals surface area contributed by atoms with Crippen molar-refractivity contribution in [2.75, 3.05) is 0 Å². The fourth-order valence-corrected chi connectivity index (χ4v) is 13.4. The molecule has 2 aliphatic rings. The van der Waals surface area contributed by atoms with E-state index in [-0.39, 0.29) is 6.04 Å². The third-order valence-electron chi connectivity index (χ3n) is 16.6. The highest BCUT2D eigenvalue weighted by Gasteiger charge is 2.27. The largest absolute Gasteiger partial charge is 0.331 e. The fraction of sp³-hybridized carbons (Fsp3) is 0.0571. The molecule has 0 saturated carbocycles. The molecule has 7 heteroatoms. The molecule has 0 N–H and O–H groups in total. The number of aromatic nitrogens is 7. The highest BCUT2D eigenvalue weighted by Crippen LogP contribution is 2.45. The second kappa shape index (κ2) is 16.3. The van der Waals surface area contributed by atoms with Crippen molar-refractivity contribution in [1.82, 2.24) is 32.8 Å². The first-order valence-electron chi connectivity index (χ1n) is 26.8. The molecule has 0 amide bonds. The number of hydrogen-bond donors (Lipinski definition) is 0. The van der Waals surface area contributed by atoms with Crippen molar-refractivity contribution < 1.29 is 0 Å². The lowest BCUT2D eigenvalue weighted by Gasteiger charge is -2.20. The van der Waals surface area contributed by atoms with Gasteiger partial charge in [0.05, 0.1) is 55.7 Å². The summed E-state index contributed by atoms with van der Waals surface area (Å²) in [5.74, 6) is 2.23. The topological polar surface area (TPSA) is 50.4 Å². The number of rotatable bonds is 6. The van der Waals surface area contributed by atoms with Gasteiger partial charge < -0.3 is 13.7 Å². The number of fused-ring (bicyclic) bond motifs is 17. The molecule has 77 heavy (non-hydrogen) atoms. The fourth-order valence-electron chi connectivity index (χ4n) is 13.4. The lowest BCUT2D eigenvalue weighted by atomic mass is 10.1. The Morgan fingerprint density at radius 1 is 0.364 bits per heavy atom. The Labute approximate surface area is 442 Å². The van der Waals surface area contributed by atoms with Gasteiger partial charge in [0.2, 0.25) is 0 Å². The van der Waals surface area contributed by atoms with Crippen LogP contribution in [-0.4, -0.2) is 32.8 Å². The summed E-state index contributed by atoms with van der Waals surface area (Å²) < 4.78 is 12.3. The van der Waals surface area contributed by atoms with Gasteiger partial charge in [0.1, 0.15) is 11.6 Å². The lowest BCUT2D eigenvalue weighted by molar-refractivity contribution is 0.648. The Kier molecular flexibility index (Phi) is 8.95. The van der Waals surface area contributed by atoms with E-state index >= 15 is 0 Å². The minimum atomic E-state index is 0.130. The van der Waals surface area contributed by atoms with Gasteiger partial charge in [-0.05, 0) is 86.0 Å². The quantitative estimate of drug-likeness (QED) is 0.167. The summed E-state index contributed by atoms with van der Waals surface area (Å²) in [6.45, 7) is 0. The molecule has 0 spiro atoms. The molecular weight excluding hydrogens is 939 g/mol. The van der Waals surface area contributed by atoms with Crippen LogP contribution in [0.15, 0.2) is 243 Å². The predicted octanol–water partition coefficient (Wildman–Crippen LogP) is 17.9. The predicted molar refractivity (Wildman–Crippen MR) is 321 cm³/mol. The normalized spacial score (nSPS) is 14.9. The van der Waals surface area contributed by atoms with Crippen molar-refractivity contribution in [3.8, 4) is 28.7 Å². The van der Waals surface area contributed by atoms with Crippen molar-refractivity contribution in [2.24, 2.45) is 0 Å². The van der Waals surface area contributed by atoms with E-state index in [1.807, 2.05) is 0 Å². The Morgan fingerprint density at radius 3 is 1.31 bits per heavy atom. The second-order valence-electron chi connectivity index (χ2n) is 20.7. The van der Waals surface area contributed by atoms with E-state index in [1.54, 1.807) is 0 Å². The Bertz CT molecular complexity index is 5080. The zero-order chi connectivity index (χ0) is 50.3. The molecule has 362 valence electrons. The summed E-state index contributed by atoms with van der Waals surface area (Å²) in [6, 6.07) is 73.4. The van der Waals surface area contributed by atoms with Crippen molar-refractivity contribution in [3.63, 3.8) is 0 Å². The van der Waals surface area contributed by atoms with Gasteiger partial charge in [-0.1, -0.05) is 170 Å². The summed E-state index contributed by atoms with van der Waals surface area (Å²) in [5, 5.41) is 12.1. The lowest BCUT2D eigenvalue weighted by Crippen LogP contribution is -2.09. The molecule has 9 aromatic carbocycles. The van der Waals surface area contributed by atoms with Gasteiger partial charge in [-0.2, -0.15) is 0 Å². The molecule has 17 rings (SSSR count). The van der Waals surface area contributed by atoms with E-state index in [9.17, 15) is 0 Å².